The fourth-order valence-corrected chi connectivity index (χ4v) is 4.57. The lowest BCUT2D eigenvalue weighted by Gasteiger charge is -2.35. The maximum absolute atomic E-state index is 12.8. The normalized spacial score (nSPS) is 26.6. The molecule has 7 heteroatoms. The summed E-state index contributed by atoms with van der Waals surface area (Å²) >= 11 is 1.76. The van der Waals surface area contributed by atoms with Crippen molar-refractivity contribution in [2.75, 3.05) is 39.8 Å². The molecule has 2 fully saturated rings. The molecule has 2 aliphatic rings. The number of primary amides is 1. The molecule has 0 aromatic carbocycles. The molecule has 3 atom stereocenters. The first-order valence-corrected chi connectivity index (χ1v) is 9.25. The fourth-order valence-electron chi connectivity index (χ4n) is 3.46. The van der Waals surface area contributed by atoms with Gasteiger partial charge in [0, 0.05) is 36.3 Å². The van der Waals surface area contributed by atoms with E-state index in [1.165, 1.54) is 10.4 Å². The second kappa shape index (κ2) is 7.21. The molecule has 3 unspecified atom stereocenters. The van der Waals surface area contributed by atoms with Gasteiger partial charge in [-0.05, 0) is 37.4 Å². The van der Waals surface area contributed by atoms with E-state index in [1.54, 1.807) is 11.3 Å². The number of thiophene rings is 1. The van der Waals surface area contributed by atoms with Crippen LogP contribution in [0.15, 0.2) is 11.4 Å². The van der Waals surface area contributed by atoms with Gasteiger partial charge in [0.15, 0.2) is 0 Å². The third-order valence-corrected chi connectivity index (χ3v) is 5.89. The van der Waals surface area contributed by atoms with Crippen molar-refractivity contribution < 1.29 is 14.3 Å². The number of morpholine rings is 1. The number of hydrogen-bond acceptors (Lipinski definition) is 5. The molecule has 3 rings (SSSR count). The maximum Gasteiger partial charge on any atom is 0.231 e. The molecule has 1 saturated carbocycles. The number of likely N-dealkylation sites (N-methyl/N-ethyl adjacent to an activating group) is 1. The average molecular weight is 351 g/mol. The van der Waals surface area contributed by atoms with E-state index in [9.17, 15) is 9.59 Å². The monoisotopic (exact) mass is 351 g/mol. The number of carbonyl (C=O) groups excluding carboxylic acids is 2. The highest BCUT2D eigenvalue weighted by Gasteiger charge is 2.47. The zero-order valence-corrected chi connectivity index (χ0v) is 15.1. The molecular weight excluding hydrogens is 326 g/mol. The molecule has 6 nitrogen and oxygen atoms in total. The molecule has 0 spiro atoms. The van der Waals surface area contributed by atoms with Crippen LogP contribution in [0.3, 0.4) is 0 Å². The molecule has 2 amide bonds. The van der Waals surface area contributed by atoms with Crippen LogP contribution in [0.1, 0.15) is 22.8 Å². The predicted molar refractivity (Wildman–Crippen MR) is 92.9 cm³/mol. The van der Waals surface area contributed by atoms with E-state index in [1.807, 2.05) is 16.8 Å². The van der Waals surface area contributed by atoms with Crippen molar-refractivity contribution in [3.8, 4) is 0 Å². The quantitative estimate of drug-likeness (QED) is 0.823. The topological polar surface area (TPSA) is 75.9 Å². The lowest BCUT2D eigenvalue weighted by atomic mass is 10.1. The van der Waals surface area contributed by atoms with E-state index in [4.69, 9.17) is 10.5 Å². The zero-order chi connectivity index (χ0) is 17.3. The first kappa shape index (κ1) is 17.4. The molecule has 1 aliphatic carbocycles. The van der Waals surface area contributed by atoms with Gasteiger partial charge in [-0.15, -0.1) is 11.3 Å². The Bertz CT molecular complexity index is 618. The Morgan fingerprint density at radius 2 is 2.29 bits per heavy atom. The predicted octanol–water partition coefficient (Wildman–Crippen LogP) is 0.805. The Morgan fingerprint density at radius 1 is 1.50 bits per heavy atom. The van der Waals surface area contributed by atoms with Gasteiger partial charge < -0.3 is 15.4 Å². The number of nitrogens with two attached hydrogens (primary N) is 1. The minimum Gasteiger partial charge on any atom is -0.373 e. The number of rotatable bonds is 6. The molecule has 0 bridgehead atoms. The molecule has 1 saturated heterocycles. The number of carbonyl (C=O) groups is 2. The van der Waals surface area contributed by atoms with Crippen LogP contribution in [0.25, 0.3) is 0 Å². The molecule has 2 N–H and O–H groups in total. The molecule has 0 radical (unpaired) electrons. The van der Waals surface area contributed by atoms with Crippen molar-refractivity contribution in [1.29, 1.82) is 0 Å². The van der Waals surface area contributed by atoms with Crippen molar-refractivity contribution in [1.82, 2.24) is 9.80 Å². The Labute approximate surface area is 146 Å². The minimum atomic E-state index is -0.353. The largest absolute Gasteiger partial charge is 0.373 e. The van der Waals surface area contributed by atoms with E-state index >= 15 is 0 Å². The van der Waals surface area contributed by atoms with Crippen LogP contribution in [0.5, 0.6) is 0 Å². The van der Waals surface area contributed by atoms with Gasteiger partial charge in [0.2, 0.25) is 11.8 Å². The average Bonchev–Trinajstić information content (AvgIpc) is 3.20. The van der Waals surface area contributed by atoms with Gasteiger partial charge in [0.05, 0.1) is 19.3 Å². The van der Waals surface area contributed by atoms with Crippen molar-refractivity contribution in [3.63, 3.8) is 0 Å². The highest BCUT2D eigenvalue weighted by atomic mass is 32.1. The van der Waals surface area contributed by atoms with Crippen molar-refractivity contribution >= 4 is 23.2 Å². The first-order chi connectivity index (χ1) is 11.5. The van der Waals surface area contributed by atoms with E-state index in [0.717, 1.165) is 6.42 Å². The van der Waals surface area contributed by atoms with Crippen LogP contribution in [-0.2, 0) is 14.3 Å². The second-order valence-electron chi connectivity index (χ2n) is 6.86. The summed E-state index contributed by atoms with van der Waals surface area (Å²) in [7, 11) is 1.84. The van der Waals surface area contributed by atoms with Gasteiger partial charge in [0.1, 0.15) is 0 Å². The Balaban J connectivity index is 1.53. The zero-order valence-electron chi connectivity index (χ0n) is 14.2. The summed E-state index contributed by atoms with van der Waals surface area (Å²) < 4.78 is 5.74. The molecular formula is C17H25N3O3S. The van der Waals surface area contributed by atoms with Gasteiger partial charge in [0.25, 0.3) is 0 Å². The first-order valence-electron chi connectivity index (χ1n) is 8.37. The van der Waals surface area contributed by atoms with E-state index in [0.29, 0.717) is 32.2 Å². The Morgan fingerprint density at radius 3 is 2.96 bits per heavy atom. The van der Waals surface area contributed by atoms with Crippen LogP contribution >= 0.6 is 11.3 Å². The number of ether oxygens (including phenoxy) is 1. The summed E-state index contributed by atoms with van der Waals surface area (Å²) in [6, 6.07) is 2.12. The summed E-state index contributed by atoms with van der Waals surface area (Å²) in [5.41, 5.74) is 6.51. The van der Waals surface area contributed by atoms with Crippen LogP contribution in [0, 0.1) is 12.8 Å². The second-order valence-corrected chi connectivity index (χ2v) is 7.80. The summed E-state index contributed by atoms with van der Waals surface area (Å²) in [5, 5.41) is 2.10. The molecule has 132 valence electrons. The fraction of sp³-hybridized carbons (Fsp3) is 0.647. The number of nitrogens with zero attached hydrogens (tertiary/aromatic N) is 2. The van der Waals surface area contributed by atoms with Gasteiger partial charge in [-0.3, -0.25) is 14.5 Å². The number of aryl methyl sites for hydroxylation is 1. The Kier molecular flexibility index (Phi) is 5.22. The number of hydrogen-bond donors (Lipinski definition) is 1. The van der Waals surface area contributed by atoms with Crippen LogP contribution in [0.4, 0.5) is 0 Å². The SMILES string of the molecule is Cc1ccsc1C1CC1C(=O)N1CCOC(CN(C)CC(N)=O)C1. The van der Waals surface area contributed by atoms with E-state index in [2.05, 4.69) is 18.4 Å². The third kappa shape index (κ3) is 3.96. The van der Waals surface area contributed by atoms with Crippen LogP contribution < -0.4 is 5.73 Å². The third-order valence-electron chi connectivity index (χ3n) is 4.74. The van der Waals surface area contributed by atoms with Crippen LogP contribution in [0.2, 0.25) is 0 Å². The Hall–Kier alpha value is -1.44. The molecule has 1 aliphatic heterocycles. The van der Waals surface area contributed by atoms with Gasteiger partial charge in [-0.1, -0.05) is 0 Å². The van der Waals surface area contributed by atoms with E-state index < -0.39 is 0 Å². The van der Waals surface area contributed by atoms with Crippen molar-refractivity contribution in [3.05, 3.63) is 21.9 Å². The highest BCUT2D eigenvalue weighted by molar-refractivity contribution is 7.10. The lowest BCUT2D eigenvalue weighted by molar-refractivity contribution is -0.141. The summed E-state index contributed by atoms with van der Waals surface area (Å²) in [4.78, 5) is 28.9. The van der Waals surface area contributed by atoms with Crippen molar-refractivity contribution in [2.24, 2.45) is 11.7 Å². The molecule has 2 heterocycles. The van der Waals surface area contributed by atoms with E-state index in [-0.39, 0.29) is 30.4 Å². The van der Waals surface area contributed by atoms with Crippen LogP contribution in [-0.4, -0.2) is 67.6 Å². The smallest absolute Gasteiger partial charge is 0.231 e. The van der Waals surface area contributed by atoms with Gasteiger partial charge in [-0.2, -0.15) is 0 Å². The summed E-state index contributed by atoms with van der Waals surface area (Å²) in [5.74, 6) is 0.424. The lowest BCUT2D eigenvalue weighted by Crippen LogP contribution is -2.50. The highest BCUT2D eigenvalue weighted by Crippen LogP contribution is 2.51. The molecule has 1 aromatic heterocycles. The summed E-state index contributed by atoms with van der Waals surface area (Å²) in [6.45, 7) is 4.72. The molecule has 24 heavy (non-hydrogen) atoms. The molecule has 1 aromatic rings. The minimum absolute atomic E-state index is 0.0623. The maximum atomic E-state index is 12.8. The van der Waals surface area contributed by atoms with Gasteiger partial charge in [-0.25, -0.2) is 0 Å². The van der Waals surface area contributed by atoms with Gasteiger partial charge >= 0.3 is 0 Å². The summed E-state index contributed by atoms with van der Waals surface area (Å²) in [6.07, 6.45) is 0.900. The van der Waals surface area contributed by atoms with Crippen molar-refractivity contribution in [2.45, 2.75) is 25.4 Å². The number of amides is 2. The standard InChI is InChI=1S/C17H25N3O3S/c1-11-3-6-24-16(11)13-7-14(13)17(22)20-4-5-23-12(9-20)8-19(2)10-15(18)21/h3,6,12-14H,4-5,7-10H2,1-2H3,(H2,18,21).